The molecule has 0 aromatic heterocycles. The molecule has 0 radical (unpaired) electrons. The molecule has 0 atom stereocenters. The van der Waals surface area contributed by atoms with Gasteiger partial charge in [-0.05, 0) is 47.7 Å². The molecule has 0 heterocycles. The van der Waals surface area contributed by atoms with E-state index >= 15 is 0 Å². The number of hydrogen-bond acceptors (Lipinski definition) is 2. The van der Waals surface area contributed by atoms with Gasteiger partial charge in [-0.3, -0.25) is 0 Å². The fourth-order valence-electron chi connectivity index (χ4n) is 0.928. The van der Waals surface area contributed by atoms with Crippen molar-refractivity contribution in [1.82, 2.24) is 0 Å². The zero-order valence-electron chi connectivity index (χ0n) is 8.10. The smallest absolute Gasteiger partial charge is 0.242 e. The molecule has 13 heavy (non-hydrogen) atoms. The molecule has 1 aromatic carbocycles. The fourth-order valence-corrected chi connectivity index (χ4v) is 2.23. The van der Waals surface area contributed by atoms with Gasteiger partial charge in [-0.15, -0.1) is 0 Å². The van der Waals surface area contributed by atoms with Gasteiger partial charge < -0.3 is 10.2 Å². The van der Waals surface area contributed by atoms with Crippen molar-refractivity contribution >= 4 is 29.9 Å². The first-order valence-corrected chi connectivity index (χ1v) is 8.33. The summed E-state index contributed by atoms with van der Waals surface area (Å²) in [5, 5.41) is 0. The van der Waals surface area contributed by atoms with Crippen LogP contribution in [-0.4, -0.2) is 8.32 Å². The summed E-state index contributed by atoms with van der Waals surface area (Å²) in [6.07, 6.45) is 0. The molecule has 0 saturated carbocycles. The first-order valence-electron chi connectivity index (χ1n) is 4.12. The number of rotatable bonds is 2. The van der Waals surface area contributed by atoms with Gasteiger partial charge in [-0.2, -0.15) is 0 Å². The highest BCUT2D eigenvalue weighted by Gasteiger charge is 2.17. The average molecular weight is 260 g/mol. The predicted molar refractivity (Wildman–Crippen MR) is 62.5 cm³/mol. The Morgan fingerprint density at radius 1 is 1.31 bits per heavy atom. The van der Waals surface area contributed by atoms with E-state index in [2.05, 4.69) is 35.6 Å². The second kappa shape index (κ2) is 3.72. The highest BCUT2D eigenvalue weighted by Crippen LogP contribution is 2.29. The fraction of sp³-hybridized carbons (Fsp3) is 0.333. The van der Waals surface area contributed by atoms with Crippen LogP contribution >= 0.6 is 15.9 Å². The van der Waals surface area contributed by atoms with Crippen molar-refractivity contribution in [3.05, 3.63) is 22.7 Å². The van der Waals surface area contributed by atoms with E-state index in [1.165, 1.54) is 0 Å². The van der Waals surface area contributed by atoms with Crippen LogP contribution in [0.15, 0.2) is 22.7 Å². The van der Waals surface area contributed by atoms with Crippen LogP contribution in [-0.2, 0) is 0 Å². The molecule has 0 unspecified atom stereocenters. The van der Waals surface area contributed by atoms with Gasteiger partial charge in [0.15, 0.2) is 0 Å². The minimum absolute atomic E-state index is 0.733. The number of nitrogens with two attached hydrogens (primary N) is 1. The molecule has 1 rings (SSSR count). The molecular formula is C9H14BrNOSi. The van der Waals surface area contributed by atoms with Crippen molar-refractivity contribution in [2.24, 2.45) is 0 Å². The van der Waals surface area contributed by atoms with Gasteiger partial charge in [0, 0.05) is 11.8 Å². The number of halogens is 1. The lowest BCUT2D eigenvalue weighted by Gasteiger charge is -2.20. The van der Waals surface area contributed by atoms with E-state index in [1.54, 1.807) is 0 Å². The van der Waals surface area contributed by atoms with Gasteiger partial charge in [-0.1, -0.05) is 0 Å². The Morgan fingerprint density at radius 3 is 2.46 bits per heavy atom. The van der Waals surface area contributed by atoms with Crippen LogP contribution in [0, 0.1) is 0 Å². The van der Waals surface area contributed by atoms with Crippen molar-refractivity contribution < 1.29 is 4.43 Å². The van der Waals surface area contributed by atoms with Crippen molar-refractivity contribution in [2.45, 2.75) is 19.6 Å². The zero-order chi connectivity index (χ0) is 10.1. The largest absolute Gasteiger partial charge is 0.544 e. The summed E-state index contributed by atoms with van der Waals surface area (Å²) in [5.41, 5.74) is 6.39. The molecule has 1 aromatic rings. The zero-order valence-corrected chi connectivity index (χ0v) is 10.7. The summed E-state index contributed by atoms with van der Waals surface area (Å²) in [7, 11) is -1.54. The third-order valence-corrected chi connectivity index (χ3v) is 2.86. The van der Waals surface area contributed by atoms with Gasteiger partial charge in [0.2, 0.25) is 8.32 Å². The summed E-state index contributed by atoms with van der Waals surface area (Å²) < 4.78 is 6.79. The normalized spacial score (nSPS) is 11.4. The molecule has 2 N–H and O–H groups in total. The summed E-state index contributed by atoms with van der Waals surface area (Å²) in [6.45, 7) is 6.42. The molecular weight excluding hydrogens is 246 g/mol. The third kappa shape index (κ3) is 3.40. The number of hydrogen-bond donors (Lipinski definition) is 1. The van der Waals surface area contributed by atoms with Crippen molar-refractivity contribution in [2.75, 3.05) is 5.73 Å². The number of anilines is 1. The van der Waals surface area contributed by atoms with Crippen LogP contribution in [0.1, 0.15) is 0 Å². The minimum atomic E-state index is -1.54. The molecule has 4 heteroatoms. The van der Waals surface area contributed by atoms with Gasteiger partial charge in [-0.25, -0.2) is 0 Å². The Morgan fingerprint density at radius 2 is 1.92 bits per heavy atom. The molecule has 0 aliphatic heterocycles. The first-order chi connectivity index (χ1) is 5.88. The van der Waals surface area contributed by atoms with Crippen LogP contribution in [0.3, 0.4) is 0 Å². The monoisotopic (exact) mass is 259 g/mol. The van der Waals surface area contributed by atoms with E-state index in [0.717, 1.165) is 15.9 Å². The van der Waals surface area contributed by atoms with Crippen molar-refractivity contribution in [3.8, 4) is 5.75 Å². The average Bonchev–Trinajstić information content (AvgIpc) is 1.94. The highest BCUT2D eigenvalue weighted by atomic mass is 79.9. The molecule has 0 aliphatic rings. The molecule has 72 valence electrons. The number of benzene rings is 1. The quantitative estimate of drug-likeness (QED) is 0.654. The third-order valence-electron chi connectivity index (χ3n) is 1.37. The van der Waals surface area contributed by atoms with E-state index in [0.29, 0.717) is 0 Å². The lowest BCUT2D eigenvalue weighted by molar-refractivity contribution is 0.554. The molecule has 0 bridgehead atoms. The number of nitrogen functional groups attached to an aromatic ring is 1. The second-order valence-corrected chi connectivity index (χ2v) is 9.19. The van der Waals surface area contributed by atoms with Crippen LogP contribution in [0.4, 0.5) is 5.69 Å². The van der Waals surface area contributed by atoms with Crippen molar-refractivity contribution in [1.29, 1.82) is 0 Å². The SMILES string of the molecule is C[Si](C)(C)Oc1cc(N)ccc1Br. The maximum absolute atomic E-state index is 5.83. The Labute approximate surface area is 88.4 Å². The Kier molecular flexibility index (Phi) is 3.03. The second-order valence-electron chi connectivity index (χ2n) is 3.90. The lowest BCUT2D eigenvalue weighted by Crippen LogP contribution is -2.29. The van der Waals surface area contributed by atoms with E-state index in [4.69, 9.17) is 10.2 Å². The van der Waals surface area contributed by atoms with E-state index in [9.17, 15) is 0 Å². The van der Waals surface area contributed by atoms with Crippen LogP contribution < -0.4 is 10.2 Å². The van der Waals surface area contributed by atoms with Crippen molar-refractivity contribution in [3.63, 3.8) is 0 Å². The first kappa shape index (κ1) is 10.6. The topological polar surface area (TPSA) is 35.2 Å². The van der Waals surface area contributed by atoms with E-state index in [-0.39, 0.29) is 0 Å². The molecule has 0 amide bonds. The van der Waals surface area contributed by atoms with E-state index < -0.39 is 8.32 Å². The van der Waals surface area contributed by atoms with Gasteiger partial charge in [0.05, 0.1) is 4.47 Å². The molecule has 0 saturated heterocycles. The molecule has 0 spiro atoms. The summed E-state index contributed by atoms with van der Waals surface area (Å²) in [5.74, 6) is 0.846. The minimum Gasteiger partial charge on any atom is -0.544 e. The van der Waals surface area contributed by atoms with Gasteiger partial charge in [0.1, 0.15) is 5.75 Å². The standard InChI is InChI=1S/C9H14BrNOSi/c1-13(2,3)12-9-6-7(11)4-5-8(9)10/h4-6H,11H2,1-3H3. The highest BCUT2D eigenvalue weighted by molar-refractivity contribution is 9.10. The summed E-state index contributed by atoms with van der Waals surface area (Å²) in [4.78, 5) is 0. The Balaban J connectivity index is 2.94. The van der Waals surface area contributed by atoms with E-state index in [1.807, 2.05) is 18.2 Å². The summed E-state index contributed by atoms with van der Waals surface area (Å²) in [6, 6.07) is 5.61. The summed E-state index contributed by atoms with van der Waals surface area (Å²) >= 11 is 3.42. The van der Waals surface area contributed by atoms with Gasteiger partial charge >= 0.3 is 0 Å². The van der Waals surface area contributed by atoms with Crippen LogP contribution in [0.2, 0.25) is 19.6 Å². The maximum atomic E-state index is 5.83. The van der Waals surface area contributed by atoms with Gasteiger partial charge in [0.25, 0.3) is 0 Å². The molecule has 0 fully saturated rings. The van der Waals surface area contributed by atoms with Crippen LogP contribution in [0.25, 0.3) is 0 Å². The molecule has 0 aliphatic carbocycles. The Bertz CT molecular complexity index is 309. The Hall–Kier alpha value is -0.483. The lowest BCUT2D eigenvalue weighted by atomic mass is 10.3. The maximum Gasteiger partial charge on any atom is 0.242 e. The van der Waals surface area contributed by atoms with Crippen LogP contribution in [0.5, 0.6) is 5.75 Å². The molecule has 2 nitrogen and oxygen atoms in total. The predicted octanol–water partition coefficient (Wildman–Crippen LogP) is 3.25.